The second-order valence-electron chi connectivity index (χ2n) is 4.85. The van der Waals surface area contributed by atoms with Crippen molar-refractivity contribution in [2.75, 3.05) is 45.9 Å². The highest BCUT2D eigenvalue weighted by Crippen LogP contribution is 2.14. The third-order valence-corrected chi connectivity index (χ3v) is 3.16. The fraction of sp³-hybridized carbons (Fsp3) is 0.917. The van der Waals surface area contributed by atoms with Crippen LogP contribution in [0, 0.1) is 0 Å². The molecule has 20 heavy (non-hydrogen) atoms. The summed E-state index contributed by atoms with van der Waals surface area (Å²) in [7, 11) is 0. The predicted octanol–water partition coefficient (Wildman–Crippen LogP) is 0.480. The Morgan fingerprint density at radius 1 is 1.30 bits per heavy atom. The van der Waals surface area contributed by atoms with E-state index in [-0.39, 0.29) is 6.10 Å². The summed E-state index contributed by atoms with van der Waals surface area (Å²) in [4.78, 5) is 15.2. The fourth-order valence-corrected chi connectivity index (χ4v) is 1.95. The molecule has 1 aliphatic rings. The maximum atomic E-state index is 11.9. The van der Waals surface area contributed by atoms with Gasteiger partial charge in [-0.2, -0.15) is 13.2 Å². The van der Waals surface area contributed by atoms with Gasteiger partial charge in [-0.3, -0.25) is 9.69 Å². The van der Waals surface area contributed by atoms with Crippen LogP contribution >= 0.6 is 0 Å². The summed E-state index contributed by atoms with van der Waals surface area (Å²) in [6.45, 7) is 2.63. The molecule has 0 aromatic carbocycles. The van der Waals surface area contributed by atoms with Gasteiger partial charge in [0.15, 0.2) is 0 Å². The normalized spacial score (nSPS) is 19.1. The van der Waals surface area contributed by atoms with Gasteiger partial charge in [0, 0.05) is 32.7 Å². The number of hydrogen-bond donors (Lipinski definition) is 1. The first-order chi connectivity index (χ1) is 9.31. The Labute approximate surface area is 116 Å². The molecule has 1 rings (SSSR count). The highest BCUT2D eigenvalue weighted by Gasteiger charge is 2.29. The van der Waals surface area contributed by atoms with E-state index in [1.165, 1.54) is 4.90 Å². The number of rotatable bonds is 6. The number of aliphatic hydroxyl groups is 1. The zero-order valence-electron chi connectivity index (χ0n) is 11.5. The Morgan fingerprint density at radius 2 is 1.90 bits per heavy atom. The Kier molecular flexibility index (Phi) is 6.70. The minimum absolute atomic E-state index is 0.382. The molecule has 0 unspecified atom stereocenters. The summed E-state index contributed by atoms with van der Waals surface area (Å²) in [6.07, 6.45) is -4.12. The van der Waals surface area contributed by atoms with E-state index in [1.54, 1.807) is 0 Å². The maximum absolute atomic E-state index is 11.9. The molecule has 1 saturated heterocycles. The van der Waals surface area contributed by atoms with Gasteiger partial charge >= 0.3 is 6.18 Å². The Morgan fingerprint density at radius 3 is 2.40 bits per heavy atom. The summed E-state index contributed by atoms with van der Waals surface area (Å²) in [5.74, 6) is -0.426. The maximum Gasteiger partial charge on any atom is 0.411 e. The summed E-state index contributed by atoms with van der Waals surface area (Å²) >= 11 is 0. The van der Waals surface area contributed by atoms with Crippen LogP contribution in [0.2, 0.25) is 0 Å². The van der Waals surface area contributed by atoms with E-state index in [9.17, 15) is 23.1 Å². The van der Waals surface area contributed by atoms with Gasteiger partial charge in [0.05, 0.1) is 6.10 Å². The van der Waals surface area contributed by atoms with E-state index in [0.717, 1.165) is 0 Å². The number of halogens is 3. The molecule has 0 spiro atoms. The second kappa shape index (κ2) is 7.80. The third-order valence-electron chi connectivity index (χ3n) is 3.16. The Bertz CT molecular complexity index is 305. The molecular formula is C12H21F3N2O3. The standard InChI is InChI=1S/C12H21F3N2O3/c1-2-10(18)7-16-3-5-17(6-4-16)11(19)8-20-9-12(13,14)15/h10,18H,2-9H2,1H3/t10-/m1/s1. The van der Waals surface area contributed by atoms with Crippen molar-refractivity contribution in [3.8, 4) is 0 Å². The zero-order chi connectivity index (χ0) is 15.2. The van der Waals surface area contributed by atoms with E-state index in [1.807, 2.05) is 11.8 Å². The lowest BCUT2D eigenvalue weighted by atomic mass is 10.2. The van der Waals surface area contributed by atoms with Crippen LogP contribution in [-0.4, -0.2) is 79.0 Å². The number of amides is 1. The number of nitrogens with zero attached hydrogens (tertiary/aromatic N) is 2. The van der Waals surface area contributed by atoms with Crippen LogP contribution in [0.3, 0.4) is 0 Å². The lowest BCUT2D eigenvalue weighted by Gasteiger charge is -2.35. The molecule has 118 valence electrons. The third kappa shape index (κ3) is 6.53. The molecule has 0 aromatic rings. The van der Waals surface area contributed by atoms with Crippen molar-refractivity contribution >= 4 is 5.91 Å². The number of alkyl halides is 3. The minimum Gasteiger partial charge on any atom is -0.392 e. The van der Waals surface area contributed by atoms with Crippen LogP contribution in [0.4, 0.5) is 13.2 Å². The molecule has 8 heteroatoms. The number of β-amino-alcohol motifs (C(OH)–C–C–N with tert-alkyl or cyclic N) is 1. The van der Waals surface area contributed by atoms with Crippen molar-refractivity contribution < 1.29 is 27.8 Å². The van der Waals surface area contributed by atoms with Gasteiger partial charge in [0.1, 0.15) is 13.2 Å². The number of hydrogen-bond acceptors (Lipinski definition) is 4. The number of carbonyl (C=O) groups is 1. The zero-order valence-corrected chi connectivity index (χ0v) is 11.5. The average molecular weight is 298 g/mol. The van der Waals surface area contributed by atoms with Crippen molar-refractivity contribution in [2.45, 2.75) is 25.6 Å². The van der Waals surface area contributed by atoms with Gasteiger partial charge in [0.2, 0.25) is 5.91 Å². The van der Waals surface area contributed by atoms with Gasteiger partial charge in [-0.05, 0) is 6.42 Å². The highest BCUT2D eigenvalue weighted by molar-refractivity contribution is 5.77. The van der Waals surface area contributed by atoms with Crippen molar-refractivity contribution in [3.05, 3.63) is 0 Å². The predicted molar refractivity (Wildman–Crippen MR) is 66.2 cm³/mol. The molecule has 0 aromatic heterocycles. The summed E-state index contributed by atoms with van der Waals surface area (Å²) in [5, 5.41) is 9.53. The van der Waals surface area contributed by atoms with Crippen molar-refractivity contribution in [1.29, 1.82) is 0 Å². The van der Waals surface area contributed by atoms with Gasteiger partial charge < -0.3 is 14.7 Å². The van der Waals surface area contributed by atoms with Crippen LogP contribution in [0.25, 0.3) is 0 Å². The number of ether oxygens (including phenoxy) is 1. The first-order valence-corrected chi connectivity index (χ1v) is 6.64. The Balaban J connectivity index is 2.22. The summed E-state index contributed by atoms with van der Waals surface area (Å²) in [6, 6.07) is 0. The van der Waals surface area contributed by atoms with Crippen molar-refractivity contribution in [3.63, 3.8) is 0 Å². The van der Waals surface area contributed by atoms with Gasteiger partial charge in [-0.1, -0.05) is 6.92 Å². The van der Waals surface area contributed by atoms with Gasteiger partial charge in [-0.15, -0.1) is 0 Å². The van der Waals surface area contributed by atoms with Crippen LogP contribution in [0.15, 0.2) is 0 Å². The fourth-order valence-electron chi connectivity index (χ4n) is 1.95. The molecule has 1 heterocycles. The number of carbonyl (C=O) groups excluding carboxylic acids is 1. The largest absolute Gasteiger partial charge is 0.411 e. The quantitative estimate of drug-likeness (QED) is 0.775. The lowest BCUT2D eigenvalue weighted by molar-refractivity contribution is -0.178. The number of piperazine rings is 1. The van der Waals surface area contributed by atoms with E-state index < -0.39 is 25.3 Å². The van der Waals surface area contributed by atoms with E-state index in [2.05, 4.69) is 4.74 Å². The SMILES string of the molecule is CC[C@@H](O)CN1CCN(C(=O)COCC(F)(F)F)CC1. The smallest absolute Gasteiger partial charge is 0.392 e. The average Bonchev–Trinajstić information content (AvgIpc) is 2.37. The highest BCUT2D eigenvalue weighted by atomic mass is 19.4. The topological polar surface area (TPSA) is 53.0 Å². The monoisotopic (exact) mass is 298 g/mol. The molecule has 0 radical (unpaired) electrons. The number of aliphatic hydroxyl groups excluding tert-OH is 1. The summed E-state index contributed by atoms with van der Waals surface area (Å²) in [5.41, 5.74) is 0. The molecule has 1 fully saturated rings. The molecule has 0 saturated carbocycles. The van der Waals surface area contributed by atoms with Gasteiger partial charge in [-0.25, -0.2) is 0 Å². The second-order valence-corrected chi connectivity index (χ2v) is 4.85. The van der Waals surface area contributed by atoms with E-state index in [4.69, 9.17) is 0 Å². The molecule has 1 amide bonds. The van der Waals surface area contributed by atoms with E-state index in [0.29, 0.717) is 39.1 Å². The van der Waals surface area contributed by atoms with Gasteiger partial charge in [0.25, 0.3) is 0 Å². The van der Waals surface area contributed by atoms with Crippen molar-refractivity contribution in [2.24, 2.45) is 0 Å². The first kappa shape index (κ1) is 17.2. The first-order valence-electron chi connectivity index (χ1n) is 6.64. The van der Waals surface area contributed by atoms with Crippen LogP contribution < -0.4 is 0 Å². The van der Waals surface area contributed by atoms with Crippen LogP contribution in [-0.2, 0) is 9.53 Å². The summed E-state index contributed by atoms with van der Waals surface area (Å²) < 4.78 is 40.0. The lowest BCUT2D eigenvalue weighted by Crippen LogP contribution is -2.51. The molecule has 0 bridgehead atoms. The molecular weight excluding hydrogens is 277 g/mol. The van der Waals surface area contributed by atoms with Crippen LogP contribution in [0.1, 0.15) is 13.3 Å². The van der Waals surface area contributed by atoms with Crippen LogP contribution in [0.5, 0.6) is 0 Å². The van der Waals surface area contributed by atoms with Crippen molar-refractivity contribution in [1.82, 2.24) is 9.80 Å². The molecule has 1 N–H and O–H groups in total. The Hall–Kier alpha value is -0.860. The molecule has 5 nitrogen and oxygen atoms in total. The molecule has 1 aliphatic heterocycles. The minimum atomic E-state index is -4.41. The molecule has 0 aliphatic carbocycles. The molecule has 1 atom stereocenters. The van der Waals surface area contributed by atoms with E-state index >= 15 is 0 Å².